The van der Waals surface area contributed by atoms with Crippen LogP contribution in [0.2, 0.25) is 0 Å². The number of hydrogen-bond acceptors (Lipinski definition) is 6. The minimum Gasteiger partial charge on any atom is -0.486 e. The number of amides is 1. The molecule has 1 atom stereocenters. The van der Waals surface area contributed by atoms with E-state index in [2.05, 4.69) is 5.32 Å². The second-order valence-electron chi connectivity index (χ2n) is 5.58. The van der Waals surface area contributed by atoms with Crippen LogP contribution >= 0.6 is 0 Å². The number of esters is 1. The van der Waals surface area contributed by atoms with Gasteiger partial charge in [0.25, 0.3) is 5.91 Å². The number of ether oxygens (including phenoxy) is 3. The van der Waals surface area contributed by atoms with Crippen LogP contribution in [0.15, 0.2) is 42.5 Å². The Hall–Kier alpha value is -3.53. The predicted octanol–water partition coefficient (Wildman–Crippen LogP) is 2.51. The minimum atomic E-state index is -0.994. The highest BCUT2D eigenvalue weighted by atomic mass is 16.6. The third-order valence-electron chi connectivity index (χ3n) is 3.71. The van der Waals surface area contributed by atoms with Gasteiger partial charge in [-0.15, -0.1) is 0 Å². The van der Waals surface area contributed by atoms with Crippen LogP contribution in [0.4, 0.5) is 5.69 Å². The third kappa shape index (κ3) is 3.92. The van der Waals surface area contributed by atoms with Gasteiger partial charge >= 0.3 is 5.97 Å². The maximum Gasteiger partial charge on any atom is 0.339 e. The van der Waals surface area contributed by atoms with Gasteiger partial charge in [0.15, 0.2) is 17.6 Å². The molecular weight excluding hydrogens is 336 g/mol. The first-order chi connectivity index (χ1) is 12.6. The summed E-state index contributed by atoms with van der Waals surface area (Å²) in [6.45, 7) is 2.35. The average Bonchev–Trinajstić information content (AvgIpc) is 2.68. The minimum absolute atomic E-state index is 0.271. The monoisotopic (exact) mass is 352 g/mol. The van der Waals surface area contributed by atoms with Crippen LogP contribution in [0.1, 0.15) is 22.8 Å². The Morgan fingerprint density at radius 2 is 1.81 bits per heavy atom. The molecule has 0 aromatic heterocycles. The van der Waals surface area contributed by atoms with Crippen molar-refractivity contribution in [1.82, 2.24) is 0 Å². The molecule has 3 rings (SSSR count). The molecule has 0 saturated heterocycles. The fourth-order valence-corrected chi connectivity index (χ4v) is 2.32. The van der Waals surface area contributed by atoms with Crippen LogP contribution in [0.25, 0.3) is 0 Å². The molecule has 0 bridgehead atoms. The topological polar surface area (TPSA) is 97.7 Å². The summed E-state index contributed by atoms with van der Waals surface area (Å²) in [7, 11) is 0. The van der Waals surface area contributed by atoms with Gasteiger partial charge in [0, 0.05) is 5.69 Å². The van der Waals surface area contributed by atoms with Crippen LogP contribution in [0, 0.1) is 11.3 Å². The number of carbonyl (C=O) groups is 2. The Morgan fingerprint density at radius 1 is 1.12 bits per heavy atom. The lowest BCUT2D eigenvalue weighted by Gasteiger charge is -2.19. The third-order valence-corrected chi connectivity index (χ3v) is 3.71. The van der Waals surface area contributed by atoms with E-state index >= 15 is 0 Å². The quantitative estimate of drug-likeness (QED) is 0.849. The van der Waals surface area contributed by atoms with Gasteiger partial charge in [-0.25, -0.2) is 4.79 Å². The van der Waals surface area contributed by atoms with E-state index in [-0.39, 0.29) is 5.56 Å². The normalized spacial score (nSPS) is 13.2. The molecule has 0 fully saturated rings. The number of carbonyl (C=O) groups excluding carboxylic acids is 2. The summed E-state index contributed by atoms with van der Waals surface area (Å²) in [5.74, 6) is -0.0650. The summed E-state index contributed by atoms with van der Waals surface area (Å²) in [5, 5.41) is 11.4. The van der Waals surface area contributed by atoms with Crippen molar-refractivity contribution in [2.75, 3.05) is 18.5 Å². The zero-order chi connectivity index (χ0) is 18.5. The number of fused-ring (bicyclic) bond motifs is 1. The second kappa shape index (κ2) is 7.57. The van der Waals surface area contributed by atoms with Crippen LogP contribution in [-0.4, -0.2) is 31.2 Å². The van der Waals surface area contributed by atoms with Crippen LogP contribution in [0.5, 0.6) is 11.5 Å². The number of nitrogens with zero attached hydrogens (tertiary/aromatic N) is 1. The molecular formula is C19H16N2O5. The summed E-state index contributed by atoms with van der Waals surface area (Å²) in [4.78, 5) is 24.4. The molecule has 0 unspecified atom stereocenters. The van der Waals surface area contributed by atoms with Crippen LogP contribution < -0.4 is 14.8 Å². The van der Waals surface area contributed by atoms with E-state index in [1.54, 1.807) is 36.4 Å². The van der Waals surface area contributed by atoms with Gasteiger partial charge in [-0.05, 0) is 49.4 Å². The highest BCUT2D eigenvalue weighted by molar-refractivity contribution is 5.97. The Balaban J connectivity index is 1.61. The zero-order valence-corrected chi connectivity index (χ0v) is 14.0. The first-order valence-corrected chi connectivity index (χ1v) is 7.98. The van der Waals surface area contributed by atoms with Gasteiger partial charge in [-0.2, -0.15) is 5.26 Å². The second-order valence-corrected chi connectivity index (χ2v) is 5.58. The highest BCUT2D eigenvalue weighted by Gasteiger charge is 2.21. The zero-order valence-electron chi connectivity index (χ0n) is 14.0. The van der Waals surface area contributed by atoms with Crippen LogP contribution in [0.3, 0.4) is 0 Å². The molecule has 1 N–H and O–H groups in total. The SMILES string of the molecule is C[C@@H](OC(=O)c1ccc2c(c1)OCCO2)C(=O)Nc1ccc(C#N)cc1. The molecule has 7 heteroatoms. The maximum atomic E-state index is 12.2. The molecule has 1 aliphatic heterocycles. The number of nitrogens with one attached hydrogen (secondary N) is 1. The molecule has 2 aromatic rings. The fourth-order valence-electron chi connectivity index (χ4n) is 2.32. The molecule has 0 radical (unpaired) electrons. The Kier molecular flexibility index (Phi) is 5.04. The van der Waals surface area contributed by atoms with E-state index in [1.807, 2.05) is 6.07 Å². The summed E-state index contributed by atoms with van der Waals surface area (Å²) >= 11 is 0. The van der Waals surface area contributed by atoms with Gasteiger partial charge in [0.2, 0.25) is 0 Å². The van der Waals surface area contributed by atoms with Gasteiger partial charge in [-0.3, -0.25) is 4.79 Å². The van der Waals surface area contributed by atoms with Crippen molar-refractivity contribution < 1.29 is 23.8 Å². The van der Waals surface area contributed by atoms with Gasteiger partial charge in [0.05, 0.1) is 17.2 Å². The molecule has 2 aromatic carbocycles. The number of rotatable bonds is 4. The molecule has 1 aliphatic rings. The Bertz CT molecular complexity index is 870. The molecule has 1 amide bonds. The molecule has 0 spiro atoms. The van der Waals surface area contributed by atoms with Gasteiger partial charge in [0.1, 0.15) is 13.2 Å². The summed E-state index contributed by atoms with van der Waals surface area (Å²) < 4.78 is 16.0. The van der Waals surface area contributed by atoms with E-state index in [4.69, 9.17) is 19.5 Å². The molecule has 0 saturated carbocycles. The summed E-state index contributed by atoms with van der Waals surface area (Å²) in [6, 6.07) is 13.1. The number of benzene rings is 2. The van der Waals surface area contributed by atoms with E-state index in [1.165, 1.54) is 13.0 Å². The van der Waals surface area contributed by atoms with Gasteiger partial charge in [-0.1, -0.05) is 0 Å². The highest BCUT2D eigenvalue weighted by Crippen LogP contribution is 2.31. The largest absolute Gasteiger partial charge is 0.486 e. The molecule has 1 heterocycles. The van der Waals surface area contributed by atoms with Crippen molar-refractivity contribution in [3.8, 4) is 17.6 Å². The van der Waals surface area contributed by atoms with Crippen molar-refractivity contribution in [2.45, 2.75) is 13.0 Å². The van der Waals surface area contributed by atoms with Crippen LogP contribution in [-0.2, 0) is 9.53 Å². The number of nitriles is 1. The van der Waals surface area contributed by atoms with Crippen molar-refractivity contribution in [2.24, 2.45) is 0 Å². The van der Waals surface area contributed by atoms with E-state index in [0.29, 0.717) is 36.0 Å². The van der Waals surface area contributed by atoms with E-state index in [0.717, 1.165) is 0 Å². The Morgan fingerprint density at radius 3 is 2.50 bits per heavy atom. The molecule has 132 valence electrons. The van der Waals surface area contributed by atoms with Crippen molar-refractivity contribution in [1.29, 1.82) is 5.26 Å². The first kappa shape index (κ1) is 17.3. The van der Waals surface area contributed by atoms with E-state index < -0.39 is 18.0 Å². The van der Waals surface area contributed by atoms with Crippen molar-refractivity contribution in [3.05, 3.63) is 53.6 Å². The predicted molar refractivity (Wildman–Crippen MR) is 92.1 cm³/mol. The summed E-state index contributed by atoms with van der Waals surface area (Å²) in [5.41, 5.74) is 1.27. The first-order valence-electron chi connectivity index (χ1n) is 7.98. The maximum absolute atomic E-state index is 12.2. The lowest BCUT2D eigenvalue weighted by molar-refractivity contribution is -0.123. The smallest absolute Gasteiger partial charge is 0.339 e. The van der Waals surface area contributed by atoms with Crippen molar-refractivity contribution >= 4 is 17.6 Å². The average molecular weight is 352 g/mol. The van der Waals surface area contributed by atoms with E-state index in [9.17, 15) is 9.59 Å². The van der Waals surface area contributed by atoms with Crippen molar-refractivity contribution in [3.63, 3.8) is 0 Å². The molecule has 26 heavy (non-hydrogen) atoms. The molecule has 0 aliphatic carbocycles. The molecule has 7 nitrogen and oxygen atoms in total. The summed E-state index contributed by atoms with van der Waals surface area (Å²) in [6.07, 6.45) is -0.994. The standard InChI is InChI=1S/C19H16N2O5/c1-12(18(22)21-15-5-2-13(11-20)3-6-15)26-19(23)14-4-7-16-17(10-14)25-9-8-24-16/h2-7,10,12H,8-9H2,1H3,(H,21,22)/t12-/m1/s1. The lowest BCUT2D eigenvalue weighted by Crippen LogP contribution is -2.30. The van der Waals surface area contributed by atoms with Gasteiger partial charge < -0.3 is 19.5 Å². The lowest BCUT2D eigenvalue weighted by atomic mass is 10.2. The Labute approximate surface area is 150 Å². The number of hydrogen-bond donors (Lipinski definition) is 1. The fraction of sp³-hybridized carbons (Fsp3) is 0.211. The number of anilines is 1.